The largest absolute Gasteiger partial charge is 0.464 e. The van der Waals surface area contributed by atoms with E-state index >= 15 is 0 Å². The summed E-state index contributed by atoms with van der Waals surface area (Å²) in [5.41, 5.74) is 4.48. The molecule has 106 valence electrons. The lowest BCUT2D eigenvalue weighted by atomic mass is 9.92. The predicted molar refractivity (Wildman–Crippen MR) is 73.2 cm³/mol. The van der Waals surface area contributed by atoms with Gasteiger partial charge in [-0.15, -0.1) is 0 Å². The topological polar surface area (TPSA) is 77.0 Å². The van der Waals surface area contributed by atoms with E-state index in [2.05, 4.69) is 10.5 Å². The van der Waals surface area contributed by atoms with Crippen LogP contribution in [0.1, 0.15) is 25.5 Å². The summed E-state index contributed by atoms with van der Waals surface area (Å²) in [6, 6.07) is 7.32. The number of fused-ring (bicyclic) bond motifs is 1. The highest BCUT2D eigenvalue weighted by atomic mass is 16.5. The Morgan fingerprint density at radius 3 is 2.65 bits per heavy atom. The Morgan fingerprint density at radius 2 is 2.00 bits per heavy atom. The lowest BCUT2D eigenvalue weighted by Crippen LogP contribution is -2.29. The third-order valence-corrected chi connectivity index (χ3v) is 3.14. The van der Waals surface area contributed by atoms with Crippen molar-refractivity contribution in [3.63, 3.8) is 0 Å². The Balaban J connectivity index is 2.46. The highest BCUT2D eigenvalue weighted by Gasteiger charge is 2.34. The SMILES string of the molecule is COC(=O)C1=NNc2ccccc2[C@H](OC(C)=O)[C@H]1C. The van der Waals surface area contributed by atoms with Crippen molar-refractivity contribution in [1.82, 2.24) is 0 Å². The molecule has 1 N–H and O–H groups in total. The van der Waals surface area contributed by atoms with Gasteiger partial charge in [-0.3, -0.25) is 10.2 Å². The van der Waals surface area contributed by atoms with Crippen LogP contribution < -0.4 is 5.43 Å². The molecule has 1 aromatic carbocycles. The van der Waals surface area contributed by atoms with Gasteiger partial charge in [-0.05, 0) is 6.07 Å². The van der Waals surface area contributed by atoms with Crippen LogP contribution in [0.15, 0.2) is 29.4 Å². The van der Waals surface area contributed by atoms with Crippen LogP contribution in [0.2, 0.25) is 0 Å². The Hall–Kier alpha value is -2.37. The Labute approximate surface area is 116 Å². The number of hydrogen-bond acceptors (Lipinski definition) is 6. The zero-order valence-corrected chi connectivity index (χ0v) is 11.5. The lowest BCUT2D eigenvalue weighted by Gasteiger charge is -2.23. The summed E-state index contributed by atoms with van der Waals surface area (Å²) in [6.07, 6.45) is -0.587. The molecule has 0 radical (unpaired) electrons. The van der Waals surface area contributed by atoms with Crippen molar-refractivity contribution in [2.45, 2.75) is 20.0 Å². The number of rotatable bonds is 2. The number of anilines is 1. The summed E-state index contributed by atoms with van der Waals surface area (Å²) in [4.78, 5) is 23.1. The molecule has 2 rings (SSSR count). The minimum Gasteiger partial charge on any atom is -0.464 e. The average Bonchev–Trinajstić information content (AvgIpc) is 2.56. The summed E-state index contributed by atoms with van der Waals surface area (Å²) in [5, 5.41) is 4.07. The predicted octanol–water partition coefficient (Wildman–Crippen LogP) is 1.88. The number of nitrogens with zero attached hydrogens (tertiary/aromatic N) is 1. The fourth-order valence-corrected chi connectivity index (χ4v) is 2.16. The van der Waals surface area contributed by atoms with E-state index in [1.54, 1.807) is 6.92 Å². The monoisotopic (exact) mass is 276 g/mol. The maximum absolute atomic E-state index is 11.8. The Kier molecular flexibility index (Phi) is 4.02. The molecule has 0 amide bonds. The normalized spacial score (nSPS) is 20.9. The van der Waals surface area contributed by atoms with Gasteiger partial charge in [-0.25, -0.2) is 4.79 Å². The van der Waals surface area contributed by atoms with Crippen LogP contribution in [0.25, 0.3) is 0 Å². The van der Waals surface area contributed by atoms with Crippen LogP contribution >= 0.6 is 0 Å². The van der Waals surface area contributed by atoms with Crippen molar-refractivity contribution in [2.75, 3.05) is 12.5 Å². The molecule has 1 aromatic rings. The van der Waals surface area contributed by atoms with Crippen molar-refractivity contribution in [3.8, 4) is 0 Å². The van der Waals surface area contributed by atoms with Gasteiger partial charge in [0.05, 0.1) is 12.8 Å². The van der Waals surface area contributed by atoms with Gasteiger partial charge in [0.25, 0.3) is 0 Å². The first kappa shape index (κ1) is 14.0. The summed E-state index contributed by atoms with van der Waals surface area (Å²) in [7, 11) is 1.29. The fourth-order valence-electron chi connectivity index (χ4n) is 2.16. The van der Waals surface area contributed by atoms with E-state index in [4.69, 9.17) is 9.47 Å². The highest BCUT2D eigenvalue weighted by Crippen LogP contribution is 2.35. The van der Waals surface area contributed by atoms with Gasteiger partial charge in [0.1, 0.15) is 6.10 Å². The van der Waals surface area contributed by atoms with E-state index in [0.29, 0.717) is 5.69 Å². The summed E-state index contributed by atoms with van der Waals surface area (Å²) in [6.45, 7) is 3.11. The molecule has 0 spiro atoms. The average molecular weight is 276 g/mol. The fraction of sp³-hybridized carbons (Fsp3) is 0.357. The summed E-state index contributed by atoms with van der Waals surface area (Å²) in [5.74, 6) is -1.37. The quantitative estimate of drug-likeness (QED) is 0.834. The number of carbonyl (C=O) groups excluding carboxylic acids is 2. The van der Waals surface area contributed by atoms with Crippen LogP contribution in [0.3, 0.4) is 0 Å². The van der Waals surface area contributed by atoms with E-state index < -0.39 is 24.0 Å². The maximum Gasteiger partial charge on any atom is 0.354 e. The molecule has 0 unspecified atom stereocenters. The van der Waals surface area contributed by atoms with E-state index in [1.807, 2.05) is 24.3 Å². The molecule has 0 fully saturated rings. The molecule has 1 heterocycles. The minimum absolute atomic E-state index is 0.190. The molecule has 20 heavy (non-hydrogen) atoms. The highest BCUT2D eigenvalue weighted by molar-refractivity contribution is 6.37. The van der Waals surface area contributed by atoms with Crippen LogP contribution in [-0.2, 0) is 19.1 Å². The van der Waals surface area contributed by atoms with Crippen molar-refractivity contribution in [1.29, 1.82) is 0 Å². The number of carbonyl (C=O) groups is 2. The molecular weight excluding hydrogens is 260 g/mol. The second-order valence-corrected chi connectivity index (χ2v) is 4.51. The molecule has 6 nitrogen and oxygen atoms in total. The van der Waals surface area contributed by atoms with Gasteiger partial charge in [0.15, 0.2) is 5.71 Å². The lowest BCUT2D eigenvalue weighted by molar-refractivity contribution is -0.148. The number of nitrogens with one attached hydrogen (secondary N) is 1. The molecule has 0 bridgehead atoms. The van der Waals surface area contributed by atoms with Crippen LogP contribution in [0, 0.1) is 5.92 Å². The van der Waals surface area contributed by atoms with Gasteiger partial charge in [0.2, 0.25) is 0 Å². The van der Waals surface area contributed by atoms with Crippen LogP contribution in [0.5, 0.6) is 0 Å². The molecule has 0 saturated carbocycles. The number of esters is 2. The van der Waals surface area contributed by atoms with E-state index in [-0.39, 0.29) is 5.71 Å². The van der Waals surface area contributed by atoms with Gasteiger partial charge in [0, 0.05) is 18.4 Å². The van der Waals surface area contributed by atoms with Crippen molar-refractivity contribution >= 4 is 23.3 Å². The molecule has 1 aliphatic heterocycles. The van der Waals surface area contributed by atoms with Crippen molar-refractivity contribution < 1.29 is 19.1 Å². The summed E-state index contributed by atoms with van der Waals surface area (Å²) < 4.78 is 10.1. The van der Waals surface area contributed by atoms with Crippen LogP contribution in [0.4, 0.5) is 5.69 Å². The summed E-state index contributed by atoms with van der Waals surface area (Å²) >= 11 is 0. The third kappa shape index (κ3) is 2.64. The zero-order valence-electron chi connectivity index (χ0n) is 11.5. The zero-order chi connectivity index (χ0) is 14.7. The molecule has 2 atom stereocenters. The van der Waals surface area contributed by atoms with Crippen molar-refractivity contribution in [2.24, 2.45) is 11.0 Å². The minimum atomic E-state index is -0.587. The first-order chi connectivity index (χ1) is 9.54. The van der Waals surface area contributed by atoms with E-state index in [1.165, 1.54) is 14.0 Å². The van der Waals surface area contributed by atoms with Gasteiger partial charge in [-0.1, -0.05) is 25.1 Å². The number of methoxy groups -OCH3 is 1. The van der Waals surface area contributed by atoms with E-state index in [9.17, 15) is 9.59 Å². The number of para-hydroxylation sites is 1. The second kappa shape index (κ2) is 5.73. The molecule has 6 heteroatoms. The maximum atomic E-state index is 11.8. The molecule has 0 aromatic heterocycles. The first-order valence-electron chi connectivity index (χ1n) is 6.22. The standard InChI is InChI=1S/C14H16N2O4/c1-8-12(14(18)19-3)16-15-11-7-5-4-6-10(11)13(8)20-9(2)17/h4-8,13,15H,1-3H3/t8-,13+/m0/s1. The van der Waals surface area contributed by atoms with E-state index in [0.717, 1.165) is 5.56 Å². The smallest absolute Gasteiger partial charge is 0.354 e. The molecule has 0 saturated heterocycles. The molecule has 0 aliphatic carbocycles. The number of ether oxygens (including phenoxy) is 2. The number of hydrogen-bond donors (Lipinski definition) is 1. The van der Waals surface area contributed by atoms with Gasteiger partial charge in [-0.2, -0.15) is 5.10 Å². The second-order valence-electron chi connectivity index (χ2n) is 4.51. The van der Waals surface area contributed by atoms with Gasteiger partial charge < -0.3 is 9.47 Å². The molecular formula is C14H16N2O4. The number of hydrazone groups is 1. The Morgan fingerprint density at radius 1 is 1.30 bits per heavy atom. The number of benzene rings is 1. The van der Waals surface area contributed by atoms with Crippen LogP contribution in [-0.4, -0.2) is 24.8 Å². The Bertz CT molecular complexity index is 568. The van der Waals surface area contributed by atoms with Crippen molar-refractivity contribution in [3.05, 3.63) is 29.8 Å². The first-order valence-corrected chi connectivity index (χ1v) is 6.22. The third-order valence-electron chi connectivity index (χ3n) is 3.14. The van der Waals surface area contributed by atoms with Gasteiger partial charge >= 0.3 is 11.9 Å². The molecule has 1 aliphatic rings.